The maximum absolute atomic E-state index is 12.1. The van der Waals surface area contributed by atoms with Crippen LogP contribution in [0.2, 0.25) is 0 Å². The number of aromatic nitrogens is 1. The van der Waals surface area contributed by atoms with E-state index in [1.165, 1.54) is 18.4 Å². The van der Waals surface area contributed by atoms with Crippen LogP contribution >= 0.6 is 11.3 Å². The van der Waals surface area contributed by atoms with Gasteiger partial charge in [0.15, 0.2) is 5.13 Å². The predicted molar refractivity (Wildman–Crippen MR) is 93.3 cm³/mol. The van der Waals surface area contributed by atoms with Crippen molar-refractivity contribution < 1.29 is 14.3 Å². The van der Waals surface area contributed by atoms with Gasteiger partial charge in [0.1, 0.15) is 0 Å². The summed E-state index contributed by atoms with van der Waals surface area (Å²) in [6, 6.07) is 15.9. The minimum Gasteiger partial charge on any atom is -0.465 e. The molecule has 1 heterocycles. The van der Waals surface area contributed by atoms with Crippen molar-refractivity contribution in [1.82, 2.24) is 4.98 Å². The summed E-state index contributed by atoms with van der Waals surface area (Å²) in [5.41, 5.74) is 2.66. The summed E-state index contributed by atoms with van der Waals surface area (Å²) in [6.45, 7) is 0. The number of hydrogen-bond acceptors (Lipinski definition) is 5. The smallest absolute Gasteiger partial charge is 0.337 e. The molecule has 0 radical (unpaired) electrons. The van der Waals surface area contributed by atoms with Gasteiger partial charge >= 0.3 is 5.97 Å². The molecule has 1 aromatic heterocycles. The van der Waals surface area contributed by atoms with Gasteiger partial charge in [0, 0.05) is 16.5 Å². The number of benzene rings is 2. The van der Waals surface area contributed by atoms with Gasteiger partial charge in [-0.05, 0) is 24.3 Å². The van der Waals surface area contributed by atoms with Gasteiger partial charge in [-0.1, -0.05) is 30.3 Å². The number of methoxy groups -OCH3 is 1. The number of carbonyl (C=O) groups excluding carboxylic acids is 2. The Labute approximate surface area is 142 Å². The highest BCUT2D eigenvalue weighted by molar-refractivity contribution is 7.14. The van der Waals surface area contributed by atoms with Crippen molar-refractivity contribution in [2.24, 2.45) is 0 Å². The summed E-state index contributed by atoms with van der Waals surface area (Å²) >= 11 is 1.35. The maximum Gasteiger partial charge on any atom is 0.337 e. The van der Waals surface area contributed by atoms with Gasteiger partial charge in [-0.25, -0.2) is 9.78 Å². The average molecular weight is 338 g/mol. The molecule has 0 saturated heterocycles. The van der Waals surface area contributed by atoms with Crippen LogP contribution in [0.5, 0.6) is 0 Å². The second kappa shape index (κ2) is 7.06. The third-order valence-corrected chi connectivity index (χ3v) is 4.12. The summed E-state index contributed by atoms with van der Waals surface area (Å²) in [6.07, 6.45) is 0. The lowest BCUT2D eigenvalue weighted by Crippen LogP contribution is -2.11. The molecule has 0 atom stereocenters. The van der Waals surface area contributed by atoms with Crippen LogP contribution in [0.4, 0.5) is 5.13 Å². The Balaban J connectivity index is 1.73. The fourth-order valence-corrected chi connectivity index (χ4v) is 2.83. The standard InChI is InChI=1S/C18H14N2O3S/c1-23-17(22)14-9-7-12(8-10-14)15-11-24-18(19-15)20-16(21)13-5-3-2-4-6-13/h2-11H,1H3,(H,19,20,21). The molecule has 3 rings (SSSR count). The number of amides is 1. The summed E-state index contributed by atoms with van der Waals surface area (Å²) in [5, 5.41) is 5.16. The average Bonchev–Trinajstić information content (AvgIpc) is 3.10. The first-order valence-electron chi connectivity index (χ1n) is 7.18. The number of esters is 1. The minimum absolute atomic E-state index is 0.197. The first-order chi connectivity index (χ1) is 11.7. The van der Waals surface area contributed by atoms with Crippen molar-refractivity contribution in [3.05, 3.63) is 71.1 Å². The van der Waals surface area contributed by atoms with E-state index in [4.69, 9.17) is 0 Å². The van der Waals surface area contributed by atoms with Crippen molar-refractivity contribution in [2.45, 2.75) is 0 Å². The topological polar surface area (TPSA) is 68.3 Å². The zero-order valence-electron chi connectivity index (χ0n) is 12.9. The largest absolute Gasteiger partial charge is 0.465 e. The van der Waals surface area contributed by atoms with Crippen LogP contribution in [0.15, 0.2) is 60.0 Å². The lowest BCUT2D eigenvalue weighted by Gasteiger charge is -2.02. The molecule has 2 aromatic carbocycles. The molecular formula is C18H14N2O3S. The number of hydrogen-bond donors (Lipinski definition) is 1. The summed E-state index contributed by atoms with van der Waals surface area (Å²) < 4.78 is 4.67. The number of rotatable bonds is 4. The number of nitrogens with one attached hydrogen (secondary N) is 1. The Morgan fingerprint density at radius 1 is 1.00 bits per heavy atom. The molecule has 3 aromatic rings. The van der Waals surface area contributed by atoms with Gasteiger partial charge in [-0.2, -0.15) is 0 Å². The Morgan fingerprint density at radius 3 is 2.38 bits per heavy atom. The molecule has 0 spiro atoms. The molecule has 24 heavy (non-hydrogen) atoms. The van der Waals surface area contributed by atoms with Crippen LogP contribution in [-0.4, -0.2) is 24.0 Å². The van der Waals surface area contributed by atoms with Crippen LogP contribution in [0.1, 0.15) is 20.7 Å². The van der Waals surface area contributed by atoms with Gasteiger partial charge in [0.2, 0.25) is 0 Å². The van der Waals surface area contributed by atoms with Crippen LogP contribution in [-0.2, 0) is 4.74 Å². The van der Waals surface area contributed by atoms with Gasteiger partial charge in [0.25, 0.3) is 5.91 Å². The summed E-state index contributed by atoms with van der Waals surface area (Å²) in [7, 11) is 1.35. The molecule has 0 fully saturated rings. The van der Waals surface area contributed by atoms with E-state index in [-0.39, 0.29) is 11.9 Å². The molecule has 0 aliphatic rings. The van der Waals surface area contributed by atoms with E-state index in [0.717, 1.165) is 11.3 Å². The van der Waals surface area contributed by atoms with Crippen molar-refractivity contribution in [2.75, 3.05) is 12.4 Å². The zero-order valence-corrected chi connectivity index (χ0v) is 13.7. The molecule has 0 aliphatic carbocycles. The normalized spacial score (nSPS) is 10.2. The van der Waals surface area contributed by atoms with Crippen LogP contribution in [0, 0.1) is 0 Å². The Hall–Kier alpha value is -2.99. The lowest BCUT2D eigenvalue weighted by atomic mass is 10.1. The number of thiazole rings is 1. The lowest BCUT2D eigenvalue weighted by molar-refractivity contribution is 0.0600. The molecule has 1 N–H and O–H groups in total. The van der Waals surface area contributed by atoms with Gasteiger partial charge < -0.3 is 4.74 Å². The van der Waals surface area contributed by atoms with Crippen LogP contribution in [0.25, 0.3) is 11.3 Å². The van der Waals surface area contributed by atoms with Gasteiger partial charge in [-0.15, -0.1) is 11.3 Å². The van der Waals surface area contributed by atoms with Crippen molar-refractivity contribution in [3.63, 3.8) is 0 Å². The van der Waals surface area contributed by atoms with Gasteiger partial charge in [-0.3, -0.25) is 10.1 Å². The SMILES string of the molecule is COC(=O)c1ccc(-c2csc(NC(=O)c3ccccc3)n2)cc1. The molecule has 6 heteroatoms. The zero-order chi connectivity index (χ0) is 16.9. The van der Waals surface area contributed by atoms with E-state index in [1.807, 2.05) is 23.6 Å². The van der Waals surface area contributed by atoms with Crippen molar-refractivity contribution >= 4 is 28.3 Å². The third-order valence-electron chi connectivity index (χ3n) is 3.36. The van der Waals surface area contributed by atoms with E-state index < -0.39 is 0 Å². The van der Waals surface area contributed by atoms with E-state index >= 15 is 0 Å². The number of anilines is 1. The highest BCUT2D eigenvalue weighted by Gasteiger charge is 2.10. The van der Waals surface area contributed by atoms with Crippen LogP contribution < -0.4 is 5.32 Å². The molecule has 0 unspecified atom stereocenters. The molecular weight excluding hydrogens is 324 g/mol. The highest BCUT2D eigenvalue weighted by atomic mass is 32.1. The summed E-state index contributed by atoms with van der Waals surface area (Å²) in [4.78, 5) is 28.0. The third kappa shape index (κ3) is 3.49. The molecule has 120 valence electrons. The molecule has 0 aliphatic heterocycles. The fourth-order valence-electron chi connectivity index (χ4n) is 2.12. The molecule has 0 bridgehead atoms. The maximum atomic E-state index is 12.1. The van der Waals surface area contributed by atoms with Crippen LogP contribution in [0.3, 0.4) is 0 Å². The number of nitrogens with zero attached hydrogens (tertiary/aromatic N) is 1. The Kier molecular flexibility index (Phi) is 4.67. The summed E-state index contributed by atoms with van der Waals surface area (Å²) in [5.74, 6) is -0.576. The van der Waals surface area contributed by atoms with Crippen molar-refractivity contribution in [1.29, 1.82) is 0 Å². The number of ether oxygens (including phenoxy) is 1. The van der Waals surface area contributed by atoms with E-state index in [0.29, 0.717) is 16.3 Å². The van der Waals surface area contributed by atoms with E-state index in [1.54, 1.807) is 36.4 Å². The second-order valence-electron chi connectivity index (χ2n) is 4.93. The first-order valence-corrected chi connectivity index (χ1v) is 8.06. The van der Waals surface area contributed by atoms with E-state index in [2.05, 4.69) is 15.0 Å². The molecule has 0 saturated carbocycles. The highest BCUT2D eigenvalue weighted by Crippen LogP contribution is 2.25. The quantitative estimate of drug-likeness (QED) is 0.734. The molecule has 1 amide bonds. The first kappa shape index (κ1) is 15.9. The minimum atomic E-state index is -0.379. The fraction of sp³-hybridized carbons (Fsp3) is 0.0556. The second-order valence-corrected chi connectivity index (χ2v) is 5.79. The van der Waals surface area contributed by atoms with E-state index in [9.17, 15) is 9.59 Å². The van der Waals surface area contributed by atoms with Crippen molar-refractivity contribution in [3.8, 4) is 11.3 Å². The predicted octanol–water partition coefficient (Wildman–Crippen LogP) is 3.85. The monoisotopic (exact) mass is 338 g/mol. The van der Waals surface area contributed by atoms with Gasteiger partial charge in [0.05, 0.1) is 18.4 Å². The number of carbonyl (C=O) groups is 2. The Morgan fingerprint density at radius 2 is 1.71 bits per heavy atom. The molecule has 5 nitrogen and oxygen atoms in total. The Bertz CT molecular complexity index is 857.